The minimum absolute atomic E-state index is 0.155. The predicted molar refractivity (Wildman–Crippen MR) is 56.5 cm³/mol. The molecule has 2 amide bonds. The molecule has 0 aromatic carbocycles. The largest absolute Gasteiger partial charge is 0.298 e. The Morgan fingerprint density at radius 3 is 2.69 bits per heavy atom. The second-order valence-corrected chi connectivity index (χ2v) is 4.48. The van der Waals surface area contributed by atoms with Crippen molar-refractivity contribution in [3.05, 3.63) is 0 Å². The summed E-state index contributed by atoms with van der Waals surface area (Å²) in [5, 5.41) is 2.30. The van der Waals surface area contributed by atoms with Gasteiger partial charge in [-0.2, -0.15) is 0 Å². The van der Waals surface area contributed by atoms with Gasteiger partial charge in [0.2, 0.25) is 11.8 Å². The summed E-state index contributed by atoms with van der Waals surface area (Å²) in [6.07, 6.45) is 2.55. The first kappa shape index (κ1) is 11.3. The van der Waals surface area contributed by atoms with E-state index in [1.807, 2.05) is 6.92 Å². The van der Waals surface area contributed by atoms with E-state index >= 15 is 0 Å². The number of nitrogens with one attached hydrogen (secondary N) is 1. The zero-order valence-electron chi connectivity index (χ0n) is 9.36. The van der Waals surface area contributed by atoms with Gasteiger partial charge in [-0.25, -0.2) is 0 Å². The van der Waals surface area contributed by atoms with Gasteiger partial charge in [-0.05, 0) is 19.3 Å². The van der Waals surface area contributed by atoms with E-state index in [0.717, 1.165) is 12.8 Å². The molecule has 0 aromatic rings. The second kappa shape index (κ2) is 4.33. The summed E-state index contributed by atoms with van der Waals surface area (Å²) in [6.45, 7) is 2.28. The Balaban J connectivity index is 2.00. The lowest BCUT2D eigenvalue weighted by molar-refractivity contribution is -0.141. The summed E-state index contributed by atoms with van der Waals surface area (Å²) in [6, 6.07) is -0.333. The topological polar surface area (TPSA) is 66.5 Å². The maximum Gasteiger partial charge on any atom is 0.243 e. The van der Waals surface area contributed by atoms with Gasteiger partial charge in [-0.15, -0.1) is 0 Å². The van der Waals surface area contributed by atoms with Crippen LogP contribution in [-0.4, -0.2) is 41.6 Å². The van der Waals surface area contributed by atoms with Crippen LogP contribution in [0.5, 0.6) is 0 Å². The van der Waals surface area contributed by atoms with Gasteiger partial charge in [0.05, 0.1) is 19.1 Å². The standard InChI is InChI=1S/C11H16N2O3/c1-2-8-11(16)12-10(15)6-13(8)5-9(14)7-3-4-7/h7-8H,2-6H2,1H3,(H,12,15,16). The highest BCUT2D eigenvalue weighted by Crippen LogP contribution is 2.30. The number of imide groups is 1. The molecule has 1 N–H and O–H groups in total. The molecule has 88 valence electrons. The molecule has 5 nitrogen and oxygen atoms in total. The van der Waals surface area contributed by atoms with Crippen molar-refractivity contribution in [2.75, 3.05) is 13.1 Å². The molecule has 2 fully saturated rings. The van der Waals surface area contributed by atoms with E-state index in [2.05, 4.69) is 5.32 Å². The van der Waals surface area contributed by atoms with Crippen molar-refractivity contribution in [2.45, 2.75) is 32.2 Å². The van der Waals surface area contributed by atoms with Crippen LogP contribution in [0, 0.1) is 5.92 Å². The number of Topliss-reactive ketones (excluding diaryl/α,β-unsaturated/α-hetero) is 1. The lowest BCUT2D eigenvalue weighted by Crippen LogP contribution is -2.58. The number of hydrogen-bond acceptors (Lipinski definition) is 4. The van der Waals surface area contributed by atoms with Crippen molar-refractivity contribution in [2.24, 2.45) is 5.92 Å². The monoisotopic (exact) mass is 224 g/mol. The van der Waals surface area contributed by atoms with Crippen molar-refractivity contribution in [3.8, 4) is 0 Å². The molecule has 5 heteroatoms. The minimum atomic E-state index is -0.333. The Morgan fingerprint density at radius 1 is 1.44 bits per heavy atom. The molecule has 1 saturated carbocycles. The lowest BCUT2D eigenvalue weighted by Gasteiger charge is -2.32. The molecule has 2 rings (SSSR count). The van der Waals surface area contributed by atoms with Crippen LogP contribution in [0.4, 0.5) is 0 Å². The van der Waals surface area contributed by atoms with Crippen molar-refractivity contribution in [3.63, 3.8) is 0 Å². The zero-order valence-corrected chi connectivity index (χ0v) is 9.36. The number of ketones is 1. The molecule has 1 aliphatic carbocycles. The van der Waals surface area contributed by atoms with Crippen LogP contribution in [0.2, 0.25) is 0 Å². The van der Waals surface area contributed by atoms with Crippen LogP contribution in [0.15, 0.2) is 0 Å². The number of piperazine rings is 1. The molecule has 1 aliphatic heterocycles. The third-order valence-corrected chi connectivity index (χ3v) is 3.13. The lowest BCUT2D eigenvalue weighted by atomic mass is 10.1. The number of hydrogen-bond donors (Lipinski definition) is 1. The zero-order chi connectivity index (χ0) is 11.7. The highest BCUT2D eigenvalue weighted by molar-refractivity contribution is 6.01. The van der Waals surface area contributed by atoms with Crippen LogP contribution in [0.1, 0.15) is 26.2 Å². The molecule has 0 spiro atoms. The molecular weight excluding hydrogens is 208 g/mol. The Labute approximate surface area is 94.2 Å². The quantitative estimate of drug-likeness (QED) is 0.666. The number of carbonyl (C=O) groups excluding carboxylic acids is 3. The average Bonchev–Trinajstić information content (AvgIpc) is 2.99. The maximum atomic E-state index is 11.7. The van der Waals surface area contributed by atoms with Gasteiger partial charge in [0.15, 0.2) is 0 Å². The smallest absolute Gasteiger partial charge is 0.243 e. The normalized spacial score (nSPS) is 26.7. The van der Waals surface area contributed by atoms with Crippen LogP contribution >= 0.6 is 0 Å². The molecule has 0 bridgehead atoms. The van der Waals surface area contributed by atoms with Crippen molar-refractivity contribution < 1.29 is 14.4 Å². The van der Waals surface area contributed by atoms with Gasteiger partial charge >= 0.3 is 0 Å². The van der Waals surface area contributed by atoms with Gasteiger partial charge < -0.3 is 0 Å². The Hall–Kier alpha value is -1.23. The maximum absolute atomic E-state index is 11.7. The van der Waals surface area contributed by atoms with Gasteiger partial charge in [-0.3, -0.25) is 24.6 Å². The molecule has 0 aromatic heterocycles. The summed E-state index contributed by atoms with van der Waals surface area (Å²) < 4.78 is 0. The van der Waals surface area contributed by atoms with Gasteiger partial charge in [0, 0.05) is 5.92 Å². The van der Waals surface area contributed by atoms with E-state index in [1.54, 1.807) is 4.90 Å². The van der Waals surface area contributed by atoms with E-state index in [1.165, 1.54) is 0 Å². The van der Waals surface area contributed by atoms with Gasteiger partial charge in [0.1, 0.15) is 5.78 Å². The third-order valence-electron chi connectivity index (χ3n) is 3.13. The molecule has 1 saturated heterocycles. The minimum Gasteiger partial charge on any atom is -0.298 e. The summed E-state index contributed by atoms with van der Waals surface area (Å²) in [4.78, 5) is 36.1. The van der Waals surface area contributed by atoms with E-state index in [9.17, 15) is 14.4 Å². The fourth-order valence-corrected chi connectivity index (χ4v) is 2.06. The van der Waals surface area contributed by atoms with E-state index in [4.69, 9.17) is 0 Å². The summed E-state index contributed by atoms with van der Waals surface area (Å²) in [5.41, 5.74) is 0. The van der Waals surface area contributed by atoms with Crippen LogP contribution in [0.3, 0.4) is 0 Å². The van der Waals surface area contributed by atoms with E-state index in [0.29, 0.717) is 6.42 Å². The number of nitrogens with zero attached hydrogens (tertiary/aromatic N) is 1. The highest BCUT2D eigenvalue weighted by atomic mass is 16.2. The molecule has 16 heavy (non-hydrogen) atoms. The average molecular weight is 224 g/mol. The van der Waals surface area contributed by atoms with Gasteiger partial charge in [0.25, 0.3) is 0 Å². The SMILES string of the molecule is CCC1C(=O)NC(=O)CN1CC(=O)C1CC1. The number of rotatable bonds is 4. The molecule has 1 atom stereocenters. The highest BCUT2D eigenvalue weighted by Gasteiger charge is 2.36. The Morgan fingerprint density at radius 2 is 2.12 bits per heavy atom. The Bertz CT molecular complexity index is 336. The van der Waals surface area contributed by atoms with Crippen LogP contribution < -0.4 is 5.32 Å². The van der Waals surface area contributed by atoms with Crippen molar-refractivity contribution >= 4 is 17.6 Å². The first-order valence-electron chi connectivity index (χ1n) is 5.72. The predicted octanol–water partition coefficient (Wildman–Crippen LogP) is -0.298. The van der Waals surface area contributed by atoms with Crippen LogP contribution in [-0.2, 0) is 14.4 Å². The molecule has 2 aliphatic rings. The first-order valence-corrected chi connectivity index (χ1v) is 5.72. The van der Waals surface area contributed by atoms with E-state index in [-0.39, 0.29) is 42.6 Å². The molecule has 1 unspecified atom stereocenters. The van der Waals surface area contributed by atoms with Crippen LogP contribution in [0.25, 0.3) is 0 Å². The second-order valence-electron chi connectivity index (χ2n) is 4.48. The summed E-state index contributed by atoms with van der Waals surface area (Å²) in [5.74, 6) is -0.237. The van der Waals surface area contributed by atoms with E-state index < -0.39 is 0 Å². The summed E-state index contributed by atoms with van der Waals surface area (Å²) in [7, 11) is 0. The first-order chi connectivity index (χ1) is 7.61. The fourth-order valence-electron chi connectivity index (χ4n) is 2.06. The number of carbonyl (C=O) groups is 3. The van der Waals surface area contributed by atoms with Crippen molar-refractivity contribution in [1.29, 1.82) is 0 Å². The van der Waals surface area contributed by atoms with Crippen molar-refractivity contribution in [1.82, 2.24) is 10.2 Å². The van der Waals surface area contributed by atoms with Gasteiger partial charge in [-0.1, -0.05) is 6.92 Å². The Kier molecular flexibility index (Phi) is 3.05. The molecule has 0 radical (unpaired) electrons. The molecule has 1 heterocycles. The fraction of sp³-hybridized carbons (Fsp3) is 0.727. The summed E-state index contributed by atoms with van der Waals surface area (Å²) >= 11 is 0. The molecular formula is C11H16N2O3. The number of amides is 2. The third kappa shape index (κ3) is 2.29.